The van der Waals surface area contributed by atoms with Crippen molar-refractivity contribution in [1.82, 2.24) is 9.55 Å². The Balaban J connectivity index is 1.40. The van der Waals surface area contributed by atoms with Gasteiger partial charge in [-0.05, 0) is 93.8 Å². The van der Waals surface area contributed by atoms with Crippen LogP contribution in [-0.4, -0.2) is 68.0 Å². The molecular weight excluding hydrogens is 841 g/mol. The maximum Gasteiger partial charge on any atom is 0.351 e. The van der Waals surface area contributed by atoms with Gasteiger partial charge in [-0.2, -0.15) is 4.98 Å². The van der Waals surface area contributed by atoms with Gasteiger partial charge in [0.25, 0.3) is 5.91 Å². The summed E-state index contributed by atoms with van der Waals surface area (Å²) in [5, 5.41) is 14.7. The molecule has 4 aromatic carbocycles. The average molecular weight is 890 g/mol. The van der Waals surface area contributed by atoms with E-state index in [-0.39, 0.29) is 17.5 Å². The van der Waals surface area contributed by atoms with Gasteiger partial charge in [0.05, 0.1) is 24.4 Å². The molecule has 0 aliphatic carbocycles. The standard InChI is InChI=1S/C43H48IN3O8Si/c1-42(2,3)56(6,7)55-37-36(48)35(54-40(37)47-26-34(44)38(46-41(47)50)45-39(49)28-14-10-8-11-15-28)27-53-43(29-16-12-9-13-17-29,30-18-22-32(51-4)23-19-30)31-20-24-33(52-5)25-21-31/h8-26,35-37,40,48H,27H2,1-7H3,(H,45,46,49,50)/t35-,36-,37-,40-/m1/s1. The van der Waals surface area contributed by atoms with Gasteiger partial charge in [0.15, 0.2) is 20.4 Å². The number of nitrogens with one attached hydrogen (secondary N) is 1. The van der Waals surface area contributed by atoms with Crippen molar-refractivity contribution in [3.05, 3.63) is 152 Å². The molecule has 0 saturated carbocycles. The third-order valence-corrected chi connectivity index (χ3v) is 15.9. The molecule has 1 saturated heterocycles. The molecule has 0 spiro atoms. The zero-order valence-corrected chi connectivity index (χ0v) is 35.7. The quantitative estimate of drug-likeness (QED) is 0.0692. The van der Waals surface area contributed by atoms with E-state index >= 15 is 0 Å². The van der Waals surface area contributed by atoms with Gasteiger partial charge in [-0.15, -0.1) is 0 Å². The maximum atomic E-state index is 13.8. The highest BCUT2D eigenvalue weighted by Gasteiger charge is 2.52. The maximum absolute atomic E-state index is 13.8. The van der Waals surface area contributed by atoms with Crippen LogP contribution in [0.2, 0.25) is 18.1 Å². The molecule has 2 N–H and O–H groups in total. The van der Waals surface area contributed by atoms with E-state index in [9.17, 15) is 14.7 Å². The molecule has 1 aliphatic rings. The van der Waals surface area contributed by atoms with Crippen LogP contribution in [0.1, 0.15) is 54.0 Å². The lowest BCUT2D eigenvalue weighted by molar-refractivity contribution is -0.0956. The average Bonchev–Trinajstić information content (AvgIpc) is 3.50. The molecule has 1 amide bonds. The predicted molar refractivity (Wildman–Crippen MR) is 226 cm³/mol. The van der Waals surface area contributed by atoms with E-state index in [1.807, 2.05) is 108 Å². The molecule has 1 aromatic heterocycles. The van der Waals surface area contributed by atoms with Gasteiger partial charge < -0.3 is 33.8 Å². The number of hydrogen-bond donors (Lipinski definition) is 2. The molecule has 6 rings (SSSR count). The number of methoxy groups -OCH3 is 2. The lowest BCUT2D eigenvalue weighted by Crippen LogP contribution is -2.49. The first-order valence-electron chi connectivity index (χ1n) is 18.3. The van der Waals surface area contributed by atoms with Crippen molar-refractivity contribution in [3.8, 4) is 11.5 Å². The van der Waals surface area contributed by atoms with Crippen LogP contribution in [0.15, 0.2) is 120 Å². The summed E-state index contributed by atoms with van der Waals surface area (Å²) in [4.78, 5) is 31.1. The minimum absolute atomic E-state index is 0.0908. The van der Waals surface area contributed by atoms with Crippen molar-refractivity contribution in [2.75, 3.05) is 26.1 Å². The molecule has 4 atom stereocenters. The molecule has 0 radical (unpaired) electrons. The second kappa shape index (κ2) is 17.0. The van der Waals surface area contributed by atoms with Crippen LogP contribution in [0, 0.1) is 3.57 Å². The third kappa shape index (κ3) is 8.48. The van der Waals surface area contributed by atoms with Gasteiger partial charge >= 0.3 is 5.69 Å². The number of amides is 1. The highest BCUT2D eigenvalue weighted by molar-refractivity contribution is 14.1. The minimum atomic E-state index is -2.55. The number of halogens is 1. The second-order valence-corrected chi connectivity index (χ2v) is 21.1. The molecule has 5 aromatic rings. The van der Waals surface area contributed by atoms with Gasteiger partial charge in [0.1, 0.15) is 35.4 Å². The van der Waals surface area contributed by atoms with Gasteiger partial charge in [0.2, 0.25) is 0 Å². The molecule has 1 aliphatic heterocycles. The monoisotopic (exact) mass is 889 g/mol. The number of aliphatic hydroxyl groups is 1. The predicted octanol–water partition coefficient (Wildman–Crippen LogP) is 7.77. The van der Waals surface area contributed by atoms with Crippen LogP contribution < -0.4 is 20.5 Å². The fourth-order valence-corrected chi connectivity index (χ4v) is 8.34. The Morgan fingerprint density at radius 2 is 1.38 bits per heavy atom. The molecule has 0 bridgehead atoms. The van der Waals surface area contributed by atoms with E-state index in [2.05, 4.69) is 44.2 Å². The normalized spacial score (nSPS) is 18.7. The fourth-order valence-electron chi connectivity index (χ4n) is 6.49. The van der Waals surface area contributed by atoms with Gasteiger partial charge in [-0.3, -0.25) is 9.36 Å². The van der Waals surface area contributed by atoms with Crippen LogP contribution >= 0.6 is 22.6 Å². The number of hydrogen-bond acceptors (Lipinski definition) is 9. The number of aromatic nitrogens is 2. The van der Waals surface area contributed by atoms with E-state index in [0.717, 1.165) is 16.7 Å². The van der Waals surface area contributed by atoms with Crippen molar-refractivity contribution in [2.45, 2.75) is 69.0 Å². The zero-order chi connectivity index (χ0) is 40.3. The van der Waals surface area contributed by atoms with Gasteiger partial charge in [-0.25, -0.2) is 4.79 Å². The van der Waals surface area contributed by atoms with Crippen molar-refractivity contribution >= 4 is 42.6 Å². The lowest BCUT2D eigenvalue weighted by Gasteiger charge is -2.40. The Hall–Kier alpha value is -4.38. The summed E-state index contributed by atoms with van der Waals surface area (Å²) in [7, 11) is 0.684. The molecule has 2 heterocycles. The zero-order valence-electron chi connectivity index (χ0n) is 32.6. The number of ether oxygens (including phenoxy) is 4. The van der Waals surface area contributed by atoms with Crippen molar-refractivity contribution in [3.63, 3.8) is 0 Å². The summed E-state index contributed by atoms with van der Waals surface area (Å²) in [5.41, 5.74) is 1.05. The summed E-state index contributed by atoms with van der Waals surface area (Å²) in [6.07, 6.45) is -2.57. The van der Waals surface area contributed by atoms with Gasteiger partial charge in [-0.1, -0.05) is 93.6 Å². The van der Waals surface area contributed by atoms with Gasteiger partial charge in [0, 0.05) is 11.8 Å². The molecule has 56 heavy (non-hydrogen) atoms. The first kappa shape index (κ1) is 41.3. The van der Waals surface area contributed by atoms with E-state index in [1.165, 1.54) is 4.57 Å². The summed E-state index contributed by atoms with van der Waals surface area (Å²) in [5.74, 6) is 1.10. The van der Waals surface area contributed by atoms with Crippen LogP contribution in [0.5, 0.6) is 11.5 Å². The Morgan fingerprint density at radius 3 is 1.89 bits per heavy atom. The number of aliphatic hydroxyl groups excluding tert-OH is 1. The molecular formula is C43H48IN3O8Si. The fraction of sp³-hybridized carbons (Fsp3) is 0.326. The van der Waals surface area contributed by atoms with Crippen molar-refractivity contribution < 1.29 is 33.3 Å². The third-order valence-electron chi connectivity index (χ3n) is 10.6. The summed E-state index contributed by atoms with van der Waals surface area (Å²) >= 11 is 2.03. The first-order valence-corrected chi connectivity index (χ1v) is 22.3. The Bertz CT molecular complexity index is 2110. The van der Waals surface area contributed by atoms with E-state index in [1.54, 1.807) is 44.7 Å². The van der Waals surface area contributed by atoms with E-state index in [4.69, 9.17) is 23.4 Å². The number of carbonyl (C=O) groups excluding carboxylic acids is 1. The van der Waals surface area contributed by atoms with Crippen LogP contribution in [0.4, 0.5) is 5.82 Å². The summed E-state index contributed by atoms with van der Waals surface area (Å²) in [6.45, 7) is 10.4. The SMILES string of the molecule is COc1ccc(C(OC[C@H]2O[C@@H](n3cc(I)c(NC(=O)c4ccccc4)nc3=O)[C@H](O[Si](C)(C)C(C)(C)C)[C@@H]2O)(c2ccccc2)c2ccc(OC)cc2)cc1. The Morgan fingerprint density at radius 1 is 0.857 bits per heavy atom. The van der Waals surface area contributed by atoms with Crippen LogP contribution in [0.25, 0.3) is 0 Å². The Kier molecular flexibility index (Phi) is 12.5. The van der Waals surface area contributed by atoms with E-state index < -0.39 is 50.1 Å². The number of rotatable bonds is 13. The molecule has 13 heteroatoms. The highest BCUT2D eigenvalue weighted by atomic mass is 127. The van der Waals surface area contributed by atoms with Crippen molar-refractivity contribution in [1.29, 1.82) is 0 Å². The van der Waals surface area contributed by atoms with Crippen molar-refractivity contribution in [2.24, 2.45) is 0 Å². The lowest BCUT2D eigenvalue weighted by atomic mass is 9.80. The Labute approximate surface area is 342 Å². The number of anilines is 1. The smallest absolute Gasteiger partial charge is 0.351 e. The second-order valence-electron chi connectivity index (χ2n) is 15.2. The highest BCUT2D eigenvalue weighted by Crippen LogP contribution is 2.45. The molecule has 294 valence electrons. The van der Waals surface area contributed by atoms with E-state index in [0.29, 0.717) is 20.6 Å². The number of carbonyl (C=O) groups is 1. The van der Waals surface area contributed by atoms with Crippen LogP contribution in [-0.2, 0) is 19.5 Å². The molecule has 0 unspecified atom stereocenters. The topological polar surface area (TPSA) is 130 Å². The summed E-state index contributed by atoms with van der Waals surface area (Å²) in [6, 6.07) is 33.9. The van der Waals surface area contributed by atoms with Crippen LogP contribution in [0.3, 0.4) is 0 Å². The molecule has 1 fully saturated rings. The molecule has 11 nitrogen and oxygen atoms in total. The minimum Gasteiger partial charge on any atom is -0.497 e. The number of benzene rings is 4. The first-order chi connectivity index (χ1) is 26.7. The largest absolute Gasteiger partial charge is 0.497 e. The summed E-state index contributed by atoms with van der Waals surface area (Å²) < 4.78 is 33.5. The number of nitrogens with zero attached hydrogens (tertiary/aromatic N) is 2.